The van der Waals surface area contributed by atoms with Gasteiger partial charge in [0.1, 0.15) is 5.54 Å². The maximum Gasteiger partial charge on any atom is 0.337 e. The Balaban J connectivity index is 1.64. The number of rotatable bonds is 7. The second kappa shape index (κ2) is 9.76. The third kappa shape index (κ3) is 4.22. The number of esters is 1. The minimum absolute atomic E-state index is 0.00705. The summed E-state index contributed by atoms with van der Waals surface area (Å²) >= 11 is 0. The molecule has 2 fully saturated rings. The van der Waals surface area contributed by atoms with Crippen LogP contribution in [0.25, 0.3) is 0 Å². The van der Waals surface area contributed by atoms with Crippen LogP contribution in [0.2, 0.25) is 0 Å². The summed E-state index contributed by atoms with van der Waals surface area (Å²) < 4.78 is 4.74. The van der Waals surface area contributed by atoms with Gasteiger partial charge in [0.05, 0.1) is 35.1 Å². The molecule has 5 rings (SSSR count). The monoisotopic (exact) mass is 529 g/mol. The summed E-state index contributed by atoms with van der Waals surface area (Å²) in [6.45, 7) is 0. The van der Waals surface area contributed by atoms with Gasteiger partial charge in [-0.1, -0.05) is 48.5 Å². The number of amides is 2. The highest BCUT2D eigenvalue weighted by molar-refractivity contribution is 6.24. The molecule has 3 aromatic rings. The molecule has 0 aromatic heterocycles. The van der Waals surface area contributed by atoms with Crippen molar-refractivity contribution in [2.45, 2.75) is 18.0 Å². The smallest absolute Gasteiger partial charge is 0.337 e. The molecule has 0 saturated carbocycles. The average molecular weight is 530 g/mol. The number of ether oxygens (including phenoxy) is 1. The van der Waals surface area contributed by atoms with Crippen LogP contribution in [0.5, 0.6) is 0 Å². The topological polar surface area (TPSA) is 156 Å². The van der Waals surface area contributed by atoms with E-state index in [1.165, 1.54) is 37.4 Å². The molecule has 2 N–H and O–H groups in total. The van der Waals surface area contributed by atoms with Crippen LogP contribution in [-0.2, 0) is 25.5 Å². The lowest BCUT2D eigenvalue weighted by molar-refractivity contribution is -0.384. The number of aliphatic carboxylic acids is 1. The Kier molecular flexibility index (Phi) is 6.44. The molecule has 0 radical (unpaired) electrons. The molecule has 2 saturated heterocycles. The molecule has 4 unspecified atom stereocenters. The lowest BCUT2D eigenvalue weighted by atomic mass is 9.76. The van der Waals surface area contributed by atoms with Crippen LogP contribution in [-0.4, -0.2) is 46.4 Å². The molecule has 198 valence electrons. The summed E-state index contributed by atoms with van der Waals surface area (Å²) in [7, 11) is 1.25. The van der Waals surface area contributed by atoms with Crippen LogP contribution in [0.15, 0.2) is 78.9 Å². The van der Waals surface area contributed by atoms with E-state index in [0.29, 0.717) is 11.1 Å². The zero-order valence-corrected chi connectivity index (χ0v) is 20.6. The van der Waals surface area contributed by atoms with Gasteiger partial charge in [0.25, 0.3) is 5.69 Å². The molecule has 0 bridgehead atoms. The highest BCUT2D eigenvalue weighted by Gasteiger charge is 2.68. The van der Waals surface area contributed by atoms with Gasteiger partial charge in [-0.05, 0) is 29.3 Å². The average Bonchev–Trinajstić information content (AvgIpc) is 3.42. The molecule has 2 aliphatic heterocycles. The number of nitrogens with one attached hydrogen (secondary N) is 1. The highest BCUT2D eigenvalue weighted by Crippen LogP contribution is 2.51. The third-order valence-corrected chi connectivity index (χ3v) is 7.35. The van der Waals surface area contributed by atoms with Crippen molar-refractivity contribution in [3.63, 3.8) is 0 Å². The van der Waals surface area contributed by atoms with E-state index in [1.54, 1.807) is 42.5 Å². The van der Waals surface area contributed by atoms with Gasteiger partial charge in [0.15, 0.2) is 0 Å². The SMILES string of the molecule is COC(=O)c1ccc(C2NC(Cc3ccccc3)(C(=O)O)C3C(=O)N(c4cccc([N+](=O)[O-])c4)C(=O)C23)cc1. The first-order valence-corrected chi connectivity index (χ1v) is 12.0. The fraction of sp³-hybridized carbons (Fsp3) is 0.214. The van der Waals surface area contributed by atoms with E-state index in [9.17, 15) is 34.4 Å². The zero-order valence-electron chi connectivity index (χ0n) is 20.6. The van der Waals surface area contributed by atoms with E-state index in [4.69, 9.17) is 4.74 Å². The summed E-state index contributed by atoms with van der Waals surface area (Å²) in [6.07, 6.45) is -0.0944. The van der Waals surface area contributed by atoms with Gasteiger partial charge in [0, 0.05) is 24.6 Å². The first kappa shape index (κ1) is 25.7. The minimum atomic E-state index is -1.86. The van der Waals surface area contributed by atoms with E-state index in [1.807, 2.05) is 0 Å². The highest BCUT2D eigenvalue weighted by atomic mass is 16.6. The Labute approximate surface area is 222 Å². The number of carbonyl (C=O) groups is 4. The van der Waals surface area contributed by atoms with Crippen molar-refractivity contribution in [1.82, 2.24) is 5.32 Å². The Morgan fingerprint density at radius 3 is 2.33 bits per heavy atom. The summed E-state index contributed by atoms with van der Waals surface area (Å²) in [5.74, 6) is -5.74. The first-order chi connectivity index (χ1) is 18.7. The summed E-state index contributed by atoms with van der Waals surface area (Å²) in [5.41, 5.74) is -0.784. The van der Waals surface area contributed by atoms with Gasteiger partial charge in [0.2, 0.25) is 11.8 Å². The van der Waals surface area contributed by atoms with E-state index < -0.39 is 52.1 Å². The lowest BCUT2D eigenvalue weighted by Crippen LogP contribution is -2.57. The first-order valence-electron chi connectivity index (χ1n) is 12.0. The standard InChI is InChI=1S/C28H23N3O8/c1-39-26(34)18-12-10-17(11-13-18)23-21-22(28(29-23,27(35)36)15-16-6-3-2-4-7-16)25(33)30(24(21)32)19-8-5-9-20(14-19)31(37)38/h2-14,21-23,29H,15H2,1H3,(H,35,36). The Morgan fingerprint density at radius 2 is 1.72 bits per heavy atom. The van der Waals surface area contributed by atoms with Crippen molar-refractivity contribution in [2.75, 3.05) is 12.0 Å². The second-order valence-electron chi connectivity index (χ2n) is 9.47. The molecule has 3 aromatic carbocycles. The molecule has 2 amide bonds. The number of nitrogens with zero attached hydrogens (tertiary/aromatic N) is 2. The molecule has 0 spiro atoms. The number of fused-ring (bicyclic) bond motifs is 1. The number of anilines is 1. The summed E-state index contributed by atoms with van der Waals surface area (Å²) in [5, 5.41) is 25.0. The summed E-state index contributed by atoms with van der Waals surface area (Å²) in [6, 6.07) is 19.1. The van der Waals surface area contributed by atoms with Gasteiger partial charge in [-0.25, -0.2) is 9.69 Å². The Hall–Kier alpha value is -4.90. The maximum atomic E-state index is 13.9. The number of methoxy groups -OCH3 is 1. The van der Waals surface area contributed by atoms with E-state index >= 15 is 0 Å². The quantitative estimate of drug-likeness (QED) is 0.203. The van der Waals surface area contributed by atoms with Crippen LogP contribution >= 0.6 is 0 Å². The fourth-order valence-corrected chi connectivity index (χ4v) is 5.59. The number of nitro benzene ring substituents is 1. The van der Waals surface area contributed by atoms with Crippen LogP contribution in [0.3, 0.4) is 0 Å². The second-order valence-corrected chi connectivity index (χ2v) is 9.47. The van der Waals surface area contributed by atoms with E-state index in [2.05, 4.69) is 5.32 Å². The number of nitro groups is 1. The van der Waals surface area contributed by atoms with Crippen LogP contribution < -0.4 is 10.2 Å². The molecular formula is C28H23N3O8. The van der Waals surface area contributed by atoms with Gasteiger partial charge in [-0.3, -0.25) is 29.8 Å². The zero-order chi connectivity index (χ0) is 27.9. The van der Waals surface area contributed by atoms with Crippen molar-refractivity contribution >= 4 is 35.1 Å². The van der Waals surface area contributed by atoms with Crippen molar-refractivity contribution < 1.29 is 33.9 Å². The number of non-ortho nitro benzene ring substituents is 1. The van der Waals surface area contributed by atoms with Crippen molar-refractivity contribution in [2.24, 2.45) is 11.8 Å². The number of benzene rings is 3. The lowest BCUT2D eigenvalue weighted by Gasteiger charge is -2.31. The molecule has 2 aliphatic rings. The molecule has 11 nitrogen and oxygen atoms in total. The largest absolute Gasteiger partial charge is 0.480 e. The summed E-state index contributed by atoms with van der Waals surface area (Å²) in [4.78, 5) is 64.3. The number of hydrogen-bond acceptors (Lipinski definition) is 8. The van der Waals surface area contributed by atoms with E-state index in [0.717, 1.165) is 11.0 Å². The van der Waals surface area contributed by atoms with Crippen molar-refractivity contribution in [3.05, 3.63) is 106 Å². The maximum absolute atomic E-state index is 13.9. The molecule has 4 atom stereocenters. The Morgan fingerprint density at radius 1 is 1.03 bits per heavy atom. The minimum Gasteiger partial charge on any atom is -0.480 e. The normalized spacial score (nSPS) is 23.9. The van der Waals surface area contributed by atoms with E-state index in [-0.39, 0.29) is 23.4 Å². The number of imide groups is 1. The number of carboxylic acid groups (broad SMARTS) is 1. The number of carbonyl (C=O) groups excluding carboxylic acids is 3. The van der Waals surface area contributed by atoms with Crippen LogP contribution in [0, 0.1) is 22.0 Å². The van der Waals surface area contributed by atoms with Crippen LogP contribution in [0.1, 0.15) is 27.5 Å². The van der Waals surface area contributed by atoms with Gasteiger partial charge in [-0.15, -0.1) is 0 Å². The van der Waals surface area contributed by atoms with Crippen molar-refractivity contribution in [3.8, 4) is 0 Å². The predicted octanol–water partition coefficient (Wildman–Crippen LogP) is 2.90. The van der Waals surface area contributed by atoms with Gasteiger partial charge < -0.3 is 9.84 Å². The fourth-order valence-electron chi connectivity index (χ4n) is 5.59. The molecule has 0 aliphatic carbocycles. The van der Waals surface area contributed by atoms with Gasteiger partial charge in [-0.2, -0.15) is 0 Å². The van der Waals surface area contributed by atoms with Gasteiger partial charge >= 0.3 is 11.9 Å². The van der Waals surface area contributed by atoms with Crippen LogP contribution in [0.4, 0.5) is 11.4 Å². The predicted molar refractivity (Wildman–Crippen MR) is 137 cm³/mol. The molecule has 39 heavy (non-hydrogen) atoms. The number of hydrogen-bond donors (Lipinski definition) is 2. The molecular weight excluding hydrogens is 506 g/mol. The number of carboxylic acids is 1. The Bertz CT molecular complexity index is 1490. The van der Waals surface area contributed by atoms with Crippen molar-refractivity contribution in [1.29, 1.82) is 0 Å². The molecule has 2 heterocycles. The molecule has 11 heteroatoms. The third-order valence-electron chi connectivity index (χ3n) is 7.35.